The minimum atomic E-state index is -4.93. The van der Waals surface area contributed by atoms with Crippen LogP contribution in [-0.4, -0.2) is 23.4 Å². The summed E-state index contributed by atoms with van der Waals surface area (Å²) in [7, 11) is -8.77. The van der Waals surface area contributed by atoms with Gasteiger partial charge in [0.05, 0.1) is 9.79 Å². The highest BCUT2D eigenvalue weighted by molar-refractivity contribution is 7.89. The second-order valence-electron chi connectivity index (χ2n) is 7.91. The fourth-order valence-corrected chi connectivity index (χ4v) is 5.11. The highest BCUT2D eigenvalue weighted by Gasteiger charge is 2.18. The van der Waals surface area contributed by atoms with Crippen LogP contribution in [0.5, 0.6) is 0 Å². The number of nitrogens with one attached hydrogen (secondary N) is 1. The largest absolute Gasteiger partial charge is 0.332 e. The maximum Gasteiger partial charge on any atom is 0.332 e. The zero-order valence-electron chi connectivity index (χ0n) is 18.2. The Morgan fingerprint density at radius 2 is 1.13 bits per heavy atom. The average Bonchev–Trinajstić information content (AvgIpc) is 2.70. The lowest BCUT2D eigenvalue weighted by atomic mass is 10.0. The number of rotatable bonds is 18. The molecule has 0 heterocycles. The molecule has 0 aliphatic rings. The van der Waals surface area contributed by atoms with Crippen LogP contribution in [0.25, 0.3) is 0 Å². The molecule has 1 aromatic rings. The van der Waals surface area contributed by atoms with Crippen molar-refractivity contribution < 1.29 is 20.7 Å². The van der Waals surface area contributed by atoms with Crippen LogP contribution in [0.2, 0.25) is 0 Å². The maximum atomic E-state index is 13.0. The lowest BCUT2D eigenvalue weighted by molar-refractivity contribution is 0.533. The third-order valence-corrected chi connectivity index (χ3v) is 7.50. The van der Waals surface area contributed by atoms with E-state index in [1.807, 2.05) is 0 Å². The van der Waals surface area contributed by atoms with Gasteiger partial charge in [-0.25, -0.2) is 13.1 Å². The Bertz CT molecular complexity index is 795. The summed E-state index contributed by atoms with van der Waals surface area (Å²) in [5.41, 5.74) is 0. The van der Waals surface area contributed by atoms with Gasteiger partial charge in [-0.15, -0.1) is 3.89 Å². The second-order valence-corrected chi connectivity index (χ2v) is 11.0. The van der Waals surface area contributed by atoms with E-state index in [1.165, 1.54) is 82.8 Å². The van der Waals surface area contributed by atoms with Crippen molar-refractivity contribution in [1.82, 2.24) is 4.72 Å². The minimum absolute atomic E-state index is 0.244. The van der Waals surface area contributed by atoms with Gasteiger partial charge in [-0.2, -0.15) is 8.42 Å². The van der Waals surface area contributed by atoms with Gasteiger partial charge < -0.3 is 0 Å². The molecule has 0 saturated heterocycles. The van der Waals surface area contributed by atoms with Gasteiger partial charge in [-0.1, -0.05) is 96.5 Å². The van der Waals surface area contributed by atoms with Crippen molar-refractivity contribution >= 4 is 20.2 Å². The van der Waals surface area contributed by atoms with E-state index in [1.54, 1.807) is 0 Å². The van der Waals surface area contributed by atoms with Crippen molar-refractivity contribution in [3.05, 3.63) is 24.3 Å². The molecule has 0 atom stereocenters. The summed E-state index contributed by atoms with van der Waals surface area (Å²) in [4.78, 5) is -0.895. The molecule has 0 bridgehead atoms. The van der Waals surface area contributed by atoms with Gasteiger partial charge in [0, 0.05) is 6.54 Å². The van der Waals surface area contributed by atoms with Crippen LogP contribution in [0.3, 0.4) is 0 Å². The Morgan fingerprint density at radius 3 is 1.60 bits per heavy atom. The molecule has 5 nitrogen and oxygen atoms in total. The first-order valence-electron chi connectivity index (χ1n) is 11.3. The van der Waals surface area contributed by atoms with E-state index in [0.29, 0.717) is 0 Å². The summed E-state index contributed by atoms with van der Waals surface area (Å²) in [6.45, 7) is 2.52. The number of sulfonamides is 1. The number of hydrogen-bond donors (Lipinski definition) is 1. The van der Waals surface area contributed by atoms with Crippen LogP contribution in [0.4, 0.5) is 3.89 Å². The maximum absolute atomic E-state index is 13.0. The molecule has 1 rings (SSSR count). The summed E-state index contributed by atoms with van der Waals surface area (Å²) in [5, 5.41) is 0. The van der Waals surface area contributed by atoms with E-state index < -0.39 is 25.1 Å². The summed E-state index contributed by atoms with van der Waals surface area (Å²) in [6.07, 6.45) is 17.2. The van der Waals surface area contributed by atoms with Gasteiger partial charge >= 0.3 is 10.2 Å². The van der Waals surface area contributed by atoms with Crippen LogP contribution in [0, 0.1) is 0 Å². The predicted molar refractivity (Wildman–Crippen MR) is 120 cm³/mol. The Hall–Kier alpha value is -0.990. The molecule has 1 N–H and O–H groups in total. The van der Waals surface area contributed by atoms with Crippen molar-refractivity contribution in [3.63, 3.8) is 0 Å². The zero-order valence-corrected chi connectivity index (χ0v) is 19.9. The first-order chi connectivity index (χ1) is 14.3. The van der Waals surface area contributed by atoms with E-state index >= 15 is 0 Å². The van der Waals surface area contributed by atoms with Crippen LogP contribution < -0.4 is 4.72 Å². The first kappa shape index (κ1) is 27.0. The molecule has 0 spiro atoms. The molecular formula is C22H38FNO4S2. The van der Waals surface area contributed by atoms with Crippen LogP contribution in [0.1, 0.15) is 96.8 Å². The van der Waals surface area contributed by atoms with Crippen molar-refractivity contribution in [1.29, 1.82) is 0 Å². The standard InChI is InChI=1S/C22H38FNO4S2/c1-2-3-4-5-6-7-8-9-10-11-12-13-14-15-19-24-30(27,28)22-18-16-17-21(20-22)29(23,25)26/h16-18,20,24H,2-15,19H2,1H3. The number of benzene rings is 1. The molecule has 0 amide bonds. The van der Waals surface area contributed by atoms with Gasteiger partial charge in [-0.3, -0.25) is 0 Å². The summed E-state index contributed by atoms with van der Waals surface area (Å²) in [5.74, 6) is 0. The van der Waals surface area contributed by atoms with Crippen LogP contribution >= 0.6 is 0 Å². The minimum Gasteiger partial charge on any atom is -0.211 e. The average molecular weight is 464 g/mol. The molecule has 30 heavy (non-hydrogen) atoms. The van der Waals surface area contributed by atoms with E-state index in [-0.39, 0.29) is 11.4 Å². The topological polar surface area (TPSA) is 80.3 Å². The zero-order chi connectivity index (χ0) is 22.3. The van der Waals surface area contributed by atoms with E-state index in [9.17, 15) is 20.7 Å². The molecule has 1 aromatic carbocycles. The smallest absolute Gasteiger partial charge is 0.211 e. The quantitative estimate of drug-likeness (QED) is 0.210. The number of hydrogen-bond acceptors (Lipinski definition) is 4. The van der Waals surface area contributed by atoms with Gasteiger partial charge in [-0.05, 0) is 24.6 Å². The molecule has 8 heteroatoms. The second kappa shape index (κ2) is 14.9. The normalized spacial score (nSPS) is 12.3. The monoisotopic (exact) mass is 463 g/mol. The third-order valence-electron chi connectivity index (χ3n) is 5.22. The summed E-state index contributed by atoms with van der Waals surface area (Å²) < 4.78 is 61.8. The SMILES string of the molecule is CCCCCCCCCCCCCCCCNS(=O)(=O)c1cccc(S(=O)(=O)F)c1. The van der Waals surface area contributed by atoms with E-state index in [4.69, 9.17) is 0 Å². The van der Waals surface area contributed by atoms with Gasteiger partial charge in [0.1, 0.15) is 0 Å². The van der Waals surface area contributed by atoms with Crippen LogP contribution in [-0.2, 0) is 20.2 Å². The van der Waals surface area contributed by atoms with Gasteiger partial charge in [0.25, 0.3) is 0 Å². The Balaban J connectivity index is 2.07. The van der Waals surface area contributed by atoms with E-state index in [2.05, 4.69) is 11.6 Å². The Kier molecular flexibility index (Phi) is 13.4. The number of halogens is 1. The van der Waals surface area contributed by atoms with Crippen molar-refractivity contribution in [2.75, 3.05) is 6.54 Å². The van der Waals surface area contributed by atoms with Crippen LogP contribution in [0.15, 0.2) is 34.1 Å². The first-order valence-corrected chi connectivity index (χ1v) is 14.2. The third kappa shape index (κ3) is 12.0. The number of unbranched alkanes of at least 4 members (excludes halogenated alkanes) is 13. The molecule has 0 aromatic heterocycles. The molecular weight excluding hydrogens is 425 g/mol. The molecule has 0 unspecified atom stereocenters. The Morgan fingerprint density at radius 1 is 0.700 bits per heavy atom. The van der Waals surface area contributed by atoms with Gasteiger partial charge in [0.15, 0.2) is 0 Å². The molecule has 0 aliphatic heterocycles. The highest BCUT2D eigenvalue weighted by atomic mass is 32.3. The molecule has 0 saturated carbocycles. The van der Waals surface area contributed by atoms with Crippen molar-refractivity contribution in [2.24, 2.45) is 0 Å². The van der Waals surface area contributed by atoms with Crippen molar-refractivity contribution in [3.8, 4) is 0 Å². The fourth-order valence-electron chi connectivity index (χ4n) is 3.40. The molecule has 174 valence electrons. The molecule has 0 fully saturated rings. The van der Waals surface area contributed by atoms with E-state index in [0.717, 1.165) is 31.4 Å². The highest BCUT2D eigenvalue weighted by Crippen LogP contribution is 2.17. The summed E-state index contributed by atoms with van der Waals surface area (Å²) >= 11 is 0. The Labute approximate surface area is 183 Å². The predicted octanol–water partition coefficient (Wildman–Crippen LogP) is 6.10. The summed E-state index contributed by atoms with van der Waals surface area (Å²) in [6, 6.07) is 4.33. The lowest BCUT2D eigenvalue weighted by Crippen LogP contribution is -2.24. The van der Waals surface area contributed by atoms with Crippen molar-refractivity contribution in [2.45, 2.75) is 107 Å². The molecule has 0 radical (unpaired) electrons. The molecule has 0 aliphatic carbocycles. The van der Waals surface area contributed by atoms with Gasteiger partial charge in [0.2, 0.25) is 10.0 Å². The lowest BCUT2D eigenvalue weighted by Gasteiger charge is -2.07. The fraction of sp³-hybridized carbons (Fsp3) is 0.727.